The van der Waals surface area contributed by atoms with Gasteiger partial charge in [-0.3, -0.25) is 24.2 Å². The highest BCUT2D eigenvalue weighted by atomic mass is 32.2. The molecule has 0 radical (unpaired) electrons. The van der Waals surface area contributed by atoms with Crippen molar-refractivity contribution in [3.8, 4) is 22.9 Å². The number of ether oxygens (including phenoxy) is 2. The molecule has 16 nitrogen and oxygen atoms in total. The maximum Gasteiger partial charge on any atom is 0.420 e. The molecular formula is C37H43F3N6O10S. The van der Waals surface area contributed by atoms with Gasteiger partial charge in [-0.1, -0.05) is 31.1 Å². The number of piperidine rings is 1. The summed E-state index contributed by atoms with van der Waals surface area (Å²) in [6.07, 6.45) is -5.27. The standard InChI is InChI=1S/C37H43F3N6O10S/c1-24(2)23-57(52,53)29-6-4-3-5-28(29)55-27-8-7-25(21-26(27)37(38,39)40)33-41-30(56-42-33)22-45-34(50)36(11-13-44(14-12-36)31(47)9-10-32(48)49)46(35(45)51)16-15-43-17-19-54-20-18-43/h3-8,21,24H,9-20,22-23H2,1-2H3,(H,48,49). The lowest BCUT2D eigenvalue weighted by Crippen LogP contribution is -2.58. The Morgan fingerprint density at radius 2 is 1.68 bits per heavy atom. The van der Waals surface area contributed by atoms with Crippen molar-refractivity contribution < 1.29 is 59.9 Å². The minimum atomic E-state index is -4.95. The average molecular weight is 821 g/mol. The van der Waals surface area contributed by atoms with E-state index in [1.54, 1.807) is 13.8 Å². The van der Waals surface area contributed by atoms with Gasteiger partial charge in [0.2, 0.25) is 17.6 Å². The zero-order valence-electron chi connectivity index (χ0n) is 31.4. The minimum absolute atomic E-state index is 0.105. The number of carboxylic acid groups (broad SMARTS) is 1. The molecule has 0 atom stereocenters. The van der Waals surface area contributed by atoms with Gasteiger partial charge >= 0.3 is 18.2 Å². The third-order valence-electron chi connectivity index (χ3n) is 10.1. The number of alkyl halides is 3. The molecule has 20 heteroatoms. The molecule has 308 valence electrons. The molecule has 0 aliphatic carbocycles. The summed E-state index contributed by atoms with van der Waals surface area (Å²) in [6.45, 7) is 6.12. The molecule has 4 amide bonds. The highest BCUT2D eigenvalue weighted by Gasteiger charge is 2.58. The fourth-order valence-corrected chi connectivity index (χ4v) is 9.03. The molecule has 0 unspecified atom stereocenters. The molecule has 4 heterocycles. The van der Waals surface area contributed by atoms with Crippen molar-refractivity contribution in [2.75, 3.05) is 58.2 Å². The van der Waals surface area contributed by atoms with Crippen LogP contribution < -0.4 is 4.74 Å². The Kier molecular flexibility index (Phi) is 12.2. The largest absolute Gasteiger partial charge is 0.481 e. The molecule has 0 saturated carbocycles. The van der Waals surface area contributed by atoms with Crippen LogP contribution in [0.4, 0.5) is 18.0 Å². The van der Waals surface area contributed by atoms with Crippen LogP contribution in [0.3, 0.4) is 0 Å². The van der Waals surface area contributed by atoms with Crippen molar-refractivity contribution in [3.63, 3.8) is 0 Å². The summed E-state index contributed by atoms with van der Waals surface area (Å²) < 4.78 is 85.7. The second kappa shape index (κ2) is 16.8. The van der Waals surface area contributed by atoms with E-state index < -0.39 is 57.3 Å². The number of rotatable bonds is 14. The van der Waals surface area contributed by atoms with Crippen LogP contribution in [0.15, 0.2) is 51.9 Å². The first kappa shape index (κ1) is 41.6. The lowest BCUT2D eigenvalue weighted by atomic mass is 9.85. The molecule has 3 fully saturated rings. The summed E-state index contributed by atoms with van der Waals surface area (Å²) >= 11 is 0. The summed E-state index contributed by atoms with van der Waals surface area (Å²) in [6, 6.07) is 7.80. The van der Waals surface area contributed by atoms with Gasteiger partial charge in [-0.15, -0.1) is 0 Å². The zero-order chi connectivity index (χ0) is 41.1. The molecule has 3 aromatic rings. The number of benzene rings is 2. The number of hydrogen-bond acceptors (Lipinski definition) is 12. The van der Waals surface area contributed by atoms with Crippen molar-refractivity contribution in [1.82, 2.24) is 29.7 Å². The lowest BCUT2D eigenvalue weighted by Gasteiger charge is -2.42. The van der Waals surface area contributed by atoms with E-state index >= 15 is 0 Å². The molecular weight excluding hydrogens is 778 g/mol. The summed E-state index contributed by atoms with van der Waals surface area (Å²) in [7, 11) is -3.89. The SMILES string of the molecule is CC(C)CS(=O)(=O)c1ccccc1Oc1ccc(-c2noc(CN3C(=O)N(CCN4CCOCC4)C4(CCN(C(=O)CCC(=O)O)CC4)C3=O)n2)cc1C(F)(F)F. The van der Waals surface area contributed by atoms with E-state index in [1.165, 1.54) is 40.1 Å². The fourth-order valence-electron chi connectivity index (χ4n) is 7.27. The predicted molar refractivity (Wildman–Crippen MR) is 193 cm³/mol. The smallest absolute Gasteiger partial charge is 0.420 e. The number of amides is 4. The van der Waals surface area contributed by atoms with Gasteiger partial charge in [-0.2, -0.15) is 18.2 Å². The highest BCUT2D eigenvalue weighted by Crippen LogP contribution is 2.42. The van der Waals surface area contributed by atoms with Crippen LogP contribution in [-0.4, -0.2) is 131 Å². The second-order valence-electron chi connectivity index (χ2n) is 14.5. The summed E-state index contributed by atoms with van der Waals surface area (Å²) in [5, 5.41) is 12.8. The lowest BCUT2D eigenvalue weighted by molar-refractivity contribution is -0.143. The number of aromatic nitrogens is 2. The molecule has 1 aromatic heterocycles. The number of likely N-dealkylation sites (tertiary alicyclic amines) is 1. The van der Waals surface area contributed by atoms with Crippen LogP contribution in [-0.2, 0) is 41.7 Å². The van der Waals surface area contributed by atoms with Crippen molar-refractivity contribution in [2.24, 2.45) is 5.92 Å². The molecule has 57 heavy (non-hydrogen) atoms. The molecule has 1 spiro atoms. The van der Waals surface area contributed by atoms with E-state index in [-0.39, 0.29) is 90.8 Å². The van der Waals surface area contributed by atoms with Gasteiger partial charge in [-0.05, 0) is 49.1 Å². The number of carboxylic acids is 1. The van der Waals surface area contributed by atoms with Crippen molar-refractivity contribution >= 4 is 33.7 Å². The van der Waals surface area contributed by atoms with E-state index in [0.29, 0.717) is 32.8 Å². The fraction of sp³-hybridized carbons (Fsp3) is 0.514. The van der Waals surface area contributed by atoms with Gasteiger partial charge in [0.25, 0.3) is 5.91 Å². The second-order valence-corrected chi connectivity index (χ2v) is 16.5. The number of carbonyl (C=O) groups excluding carboxylic acids is 3. The molecule has 3 aliphatic rings. The number of hydrogen-bond donors (Lipinski definition) is 1. The number of para-hydroxylation sites is 1. The minimum Gasteiger partial charge on any atom is -0.481 e. The van der Waals surface area contributed by atoms with Gasteiger partial charge in [0.15, 0.2) is 9.84 Å². The molecule has 3 aliphatic heterocycles. The Labute approximate surface area is 326 Å². The van der Waals surface area contributed by atoms with Crippen molar-refractivity contribution in [2.45, 2.75) is 62.7 Å². The van der Waals surface area contributed by atoms with Gasteiger partial charge in [0.05, 0.1) is 31.0 Å². The number of morpholine rings is 1. The maximum absolute atomic E-state index is 14.4. The number of nitrogens with zero attached hydrogens (tertiary/aromatic N) is 6. The predicted octanol–water partition coefficient (Wildman–Crippen LogP) is 4.30. The van der Waals surface area contributed by atoms with Crippen LogP contribution in [0.1, 0.15) is 51.0 Å². The Morgan fingerprint density at radius 3 is 2.35 bits per heavy atom. The van der Waals surface area contributed by atoms with E-state index in [1.807, 2.05) is 0 Å². The van der Waals surface area contributed by atoms with E-state index in [9.17, 15) is 40.8 Å². The van der Waals surface area contributed by atoms with Gasteiger partial charge in [-0.25, -0.2) is 13.2 Å². The van der Waals surface area contributed by atoms with Crippen LogP contribution in [0.25, 0.3) is 11.4 Å². The zero-order valence-corrected chi connectivity index (χ0v) is 32.2. The number of carbonyl (C=O) groups is 4. The maximum atomic E-state index is 14.4. The van der Waals surface area contributed by atoms with Crippen LogP contribution in [0.2, 0.25) is 0 Å². The highest BCUT2D eigenvalue weighted by molar-refractivity contribution is 7.91. The van der Waals surface area contributed by atoms with E-state index in [4.69, 9.17) is 19.1 Å². The van der Waals surface area contributed by atoms with Gasteiger partial charge in [0.1, 0.15) is 28.5 Å². The number of urea groups is 1. The topological polar surface area (TPSA) is 193 Å². The van der Waals surface area contributed by atoms with Crippen molar-refractivity contribution in [3.05, 3.63) is 53.9 Å². The molecule has 2 aromatic carbocycles. The summed E-state index contributed by atoms with van der Waals surface area (Å²) in [5.74, 6) is -3.94. The summed E-state index contributed by atoms with van der Waals surface area (Å²) in [4.78, 5) is 61.9. The quantitative estimate of drug-likeness (QED) is 0.227. The Hall–Kier alpha value is -5.08. The van der Waals surface area contributed by atoms with Gasteiger partial charge in [0, 0.05) is 51.3 Å². The Morgan fingerprint density at radius 1 is 0.982 bits per heavy atom. The number of aliphatic carboxylic acids is 1. The third-order valence-corrected chi connectivity index (χ3v) is 12.2. The Balaban J connectivity index is 1.22. The third kappa shape index (κ3) is 9.23. The average Bonchev–Trinajstić information content (AvgIpc) is 3.70. The first-order valence-corrected chi connectivity index (χ1v) is 20.1. The monoisotopic (exact) mass is 820 g/mol. The van der Waals surface area contributed by atoms with E-state index in [0.717, 1.165) is 17.0 Å². The Bertz CT molecular complexity index is 2100. The molecule has 6 rings (SSSR count). The van der Waals surface area contributed by atoms with Crippen LogP contribution >= 0.6 is 0 Å². The van der Waals surface area contributed by atoms with Crippen molar-refractivity contribution in [1.29, 1.82) is 0 Å². The number of imide groups is 1. The van der Waals surface area contributed by atoms with Crippen LogP contribution in [0, 0.1) is 5.92 Å². The molecule has 1 N–H and O–H groups in total. The normalized spacial score (nSPS) is 17.9. The number of halogens is 3. The number of sulfone groups is 1. The first-order valence-electron chi connectivity index (χ1n) is 18.5. The first-order chi connectivity index (χ1) is 27.0. The summed E-state index contributed by atoms with van der Waals surface area (Å²) in [5.41, 5.74) is -2.68. The van der Waals surface area contributed by atoms with Gasteiger partial charge < -0.3 is 28.9 Å². The van der Waals surface area contributed by atoms with Crippen LogP contribution in [0.5, 0.6) is 11.5 Å². The molecule has 0 bridgehead atoms. The van der Waals surface area contributed by atoms with E-state index in [2.05, 4.69) is 15.0 Å². The molecule has 3 saturated heterocycles.